The van der Waals surface area contributed by atoms with E-state index in [1.54, 1.807) is 31.3 Å². The van der Waals surface area contributed by atoms with Crippen LogP contribution in [0.2, 0.25) is 5.02 Å². The number of aryl methyl sites for hydroxylation is 2. The van der Waals surface area contributed by atoms with Crippen LogP contribution in [0.3, 0.4) is 0 Å². The zero-order valence-electron chi connectivity index (χ0n) is 16.4. The van der Waals surface area contributed by atoms with Crippen molar-refractivity contribution in [3.63, 3.8) is 0 Å². The molecule has 0 unspecified atom stereocenters. The van der Waals surface area contributed by atoms with E-state index < -0.39 is 0 Å². The summed E-state index contributed by atoms with van der Waals surface area (Å²) in [5.74, 6) is 1.25. The molecule has 5 aromatic rings. The molecule has 5 rings (SSSR count). The second kappa shape index (κ2) is 7.06. The summed E-state index contributed by atoms with van der Waals surface area (Å²) in [7, 11) is 3.11. The van der Waals surface area contributed by atoms with E-state index in [1.807, 2.05) is 0 Å². The number of fused-ring (bicyclic) bond motifs is 2. The van der Waals surface area contributed by atoms with E-state index in [1.165, 1.54) is 33.3 Å². The van der Waals surface area contributed by atoms with E-state index in [2.05, 4.69) is 24.9 Å². The highest BCUT2D eigenvalue weighted by molar-refractivity contribution is 6.30. The van der Waals surface area contributed by atoms with Gasteiger partial charge in [-0.05, 0) is 18.2 Å². The molecule has 0 aliphatic rings. The van der Waals surface area contributed by atoms with Crippen LogP contribution in [0.15, 0.2) is 46.4 Å². The maximum atomic E-state index is 12.9. The van der Waals surface area contributed by atoms with Gasteiger partial charge >= 0.3 is 5.69 Å². The third-order valence-electron chi connectivity index (χ3n) is 4.79. The molecule has 4 aromatic heterocycles. The molecule has 1 N–H and O–H groups in total. The molecule has 0 atom stereocenters. The highest BCUT2D eigenvalue weighted by Gasteiger charge is 2.16. The molecule has 0 fully saturated rings. The van der Waals surface area contributed by atoms with E-state index in [9.17, 15) is 9.59 Å². The summed E-state index contributed by atoms with van der Waals surface area (Å²) in [6, 6.07) is 6.93. The number of imidazole rings is 2. The maximum Gasteiger partial charge on any atom is 0.329 e. The Morgan fingerprint density at radius 3 is 2.77 bits per heavy atom. The van der Waals surface area contributed by atoms with Crippen molar-refractivity contribution < 1.29 is 4.74 Å². The van der Waals surface area contributed by atoms with Crippen molar-refractivity contribution in [1.82, 2.24) is 38.6 Å². The average molecular weight is 439 g/mol. The van der Waals surface area contributed by atoms with Crippen LogP contribution in [-0.4, -0.2) is 38.6 Å². The second-order valence-electron chi connectivity index (χ2n) is 6.87. The number of hydrogen-bond donors (Lipinski definition) is 1. The van der Waals surface area contributed by atoms with Crippen molar-refractivity contribution in [2.75, 3.05) is 0 Å². The molecule has 0 spiro atoms. The first-order chi connectivity index (χ1) is 14.9. The second-order valence-corrected chi connectivity index (χ2v) is 7.31. The lowest BCUT2D eigenvalue weighted by atomic mass is 10.3. The predicted molar refractivity (Wildman–Crippen MR) is 113 cm³/mol. The van der Waals surface area contributed by atoms with Gasteiger partial charge in [0.05, 0.1) is 12.7 Å². The highest BCUT2D eigenvalue weighted by Crippen LogP contribution is 2.23. The van der Waals surface area contributed by atoms with Gasteiger partial charge in [-0.3, -0.25) is 18.5 Å². The highest BCUT2D eigenvalue weighted by atomic mass is 35.5. The number of rotatable bonds is 4. The van der Waals surface area contributed by atoms with Gasteiger partial charge in [-0.2, -0.15) is 4.98 Å². The molecule has 12 heteroatoms. The quantitative estimate of drug-likeness (QED) is 0.451. The lowest BCUT2D eigenvalue weighted by Crippen LogP contribution is -2.24. The fourth-order valence-electron chi connectivity index (χ4n) is 3.29. The fraction of sp³-hybridized carbons (Fsp3) is 0.158. The Morgan fingerprint density at radius 2 is 1.97 bits per heavy atom. The van der Waals surface area contributed by atoms with Gasteiger partial charge in [0.1, 0.15) is 17.9 Å². The molecule has 0 aliphatic carbocycles. The van der Waals surface area contributed by atoms with Crippen molar-refractivity contribution in [3.8, 4) is 11.6 Å². The van der Waals surface area contributed by atoms with Crippen molar-refractivity contribution in [2.45, 2.75) is 6.54 Å². The summed E-state index contributed by atoms with van der Waals surface area (Å²) in [4.78, 5) is 45.2. The molecule has 31 heavy (non-hydrogen) atoms. The van der Waals surface area contributed by atoms with Gasteiger partial charge in [-0.25, -0.2) is 19.7 Å². The average Bonchev–Trinajstić information content (AvgIpc) is 3.24. The van der Waals surface area contributed by atoms with Gasteiger partial charge in [0.2, 0.25) is 5.88 Å². The van der Waals surface area contributed by atoms with Gasteiger partial charge in [-0.15, -0.1) is 0 Å². The molecule has 4 heterocycles. The lowest BCUT2D eigenvalue weighted by Gasteiger charge is -2.03. The van der Waals surface area contributed by atoms with Crippen LogP contribution in [-0.2, 0) is 20.6 Å². The minimum absolute atomic E-state index is 0.105. The maximum absolute atomic E-state index is 12.9. The van der Waals surface area contributed by atoms with Crippen molar-refractivity contribution >= 4 is 34.1 Å². The number of hydrogen-bond acceptors (Lipinski definition) is 7. The Kier molecular flexibility index (Phi) is 4.33. The standard InChI is InChI=1S/C19H15ClN8O3/c1-26-14-17(27(2)19(26)30)22-9-28(18(14)29)8-12-23-15-16(24-12)25-13(7-21-15)31-11-5-3-4-10(20)6-11/h3-7,9H,8H2,1-2H3,(H,21,23,24,25). The van der Waals surface area contributed by atoms with Crippen LogP contribution >= 0.6 is 11.6 Å². The topological polar surface area (TPSA) is 126 Å². The van der Waals surface area contributed by atoms with Gasteiger partial charge in [0.25, 0.3) is 5.56 Å². The zero-order valence-corrected chi connectivity index (χ0v) is 17.2. The van der Waals surface area contributed by atoms with Crippen LogP contribution in [0, 0.1) is 0 Å². The van der Waals surface area contributed by atoms with Crippen LogP contribution in [0.1, 0.15) is 5.82 Å². The van der Waals surface area contributed by atoms with Gasteiger partial charge in [0.15, 0.2) is 22.5 Å². The third-order valence-corrected chi connectivity index (χ3v) is 5.03. The molecule has 0 bridgehead atoms. The predicted octanol–water partition coefficient (Wildman–Crippen LogP) is 1.59. The van der Waals surface area contributed by atoms with E-state index >= 15 is 0 Å². The van der Waals surface area contributed by atoms with Gasteiger partial charge in [0, 0.05) is 19.1 Å². The number of halogens is 1. The van der Waals surface area contributed by atoms with Crippen LogP contribution < -0.4 is 16.0 Å². The molecule has 0 amide bonds. The summed E-state index contributed by atoms with van der Waals surface area (Å²) in [5, 5.41) is 0.544. The largest absolute Gasteiger partial charge is 0.437 e. The zero-order chi connectivity index (χ0) is 21.7. The number of aromatic nitrogens is 8. The minimum Gasteiger partial charge on any atom is -0.437 e. The summed E-state index contributed by atoms with van der Waals surface area (Å²) < 4.78 is 9.66. The van der Waals surface area contributed by atoms with E-state index in [-0.39, 0.29) is 29.2 Å². The SMILES string of the molecule is Cn1c(=O)n(C)c2c(=O)n(Cc3nc4ncc(Oc5cccc(Cl)c5)nc4[nH]3)cnc21. The Morgan fingerprint density at radius 1 is 1.13 bits per heavy atom. The van der Waals surface area contributed by atoms with Gasteiger partial charge in [-0.1, -0.05) is 17.7 Å². The first-order valence-electron chi connectivity index (χ1n) is 9.16. The van der Waals surface area contributed by atoms with E-state index in [4.69, 9.17) is 16.3 Å². The summed E-state index contributed by atoms with van der Waals surface area (Å²) in [5.41, 5.74) is 0.661. The number of nitrogens with zero attached hydrogens (tertiary/aromatic N) is 7. The summed E-state index contributed by atoms with van der Waals surface area (Å²) in [6.07, 6.45) is 2.83. The molecule has 11 nitrogen and oxygen atoms in total. The van der Waals surface area contributed by atoms with Gasteiger partial charge < -0.3 is 9.72 Å². The summed E-state index contributed by atoms with van der Waals surface area (Å²) in [6.45, 7) is 0.105. The smallest absolute Gasteiger partial charge is 0.329 e. The number of aromatic amines is 1. The number of nitrogens with one attached hydrogen (secondary N) is 1. The Hall–Kier alpha value is -3.99. The normalized spacial score (nSPS) is 11.5. The third kappa shape index (κ3) is 3.24. The molecule has 156 valence electrons. The molecular weight excluding hydrogens is 424 g/mol. The van der Waals surface area contributed by atoms with Crippen LogP contribution in [0.5, 0.6) is 11.6 Å². The van der Waals surface area contributed by atoms with E-state index in [0.717, 1.165) is 0 Å². The first-order valence-corrected chi connectivity index (χ1v) is 9.54. The fourth-order valence-corrected chi connectivity index (χ4v) is 3.47. The molecule has 0 saturated heterocycles. The molecule has 0 aliphatic heterocycles. The summed E-state index contributed by atoms with van der Waals surface area (Å²) >= 11 is 5.97. The van der Waals surface area contributed by atoms with E-state index in [0.29, 0.717) is 33.5 Å². The number of H-pyrrole nitrogens is 1. The molecule has 0 radical (unpaired) electrons. The van der Waals surface area contributed by atoms with Crippen molar-refractivity contribution in [3.05, 3.63) is 68.5 Å². The van der Waals surface area contributed by atoms with Crippen LogP contribution in [0.4, 0.5) is 0 Å². The first kappa shape index (κ1) is 19.0. The Bertz CT molecular complexity index is 1580. The van der Waals surface area contributed by atoms with Crippen molar-refractivity contribution in [2.24, 2.45) is 14.1 Å². The monoisotopic (exact) mass is 438 g/mol. The number of ether oxygens (including phenoxy) is 1. The Labute approximate surface area is 178 Å². The molecule has 1 aromatic carbocycles. The Balaban J connectivity index is 1.47. The lowest BCUT2D eigenvalue weighted by molar-refractivity contribution is 0.462. The van der Waals surface area contributed by atoms with Crippen LogP contribution in [0.25, 0.3) is 22.5 Å². The minimum atomic E-state index is -0.350. The molecular formula is C19H15ClN8O3. The van der Waals surface area contributed by atoms with Crippen molar-refractivity contribution in [1.29, 1.82) is 0 Å². The number of benzene rings is 1. The molecule has 0 saturated carbocycles.